The molecule has 0 unspecified atom stereocenters. The van der Waals surface area contributed by atoms with E-state index in [1.165, 1.54) is 18.4 Å². The molecule has 0 spiro atoms. The molecule has 1 N–H and O–H groups in total. The van der Waals surface area contributed by atoms with Gasteiger partial charge in [0.15, 0.2) is 10.9 Å². The van der Waals surface area contributed by atoms with Gasteiger partial charge in [-0.15, -0.1) is 11.3 Å². The summed E-state index contributed by atoms with van der Waals surface area (Å²) in [4.78, 5) is 15.4. The topological polar surface area (TPSA) is 69.0 Å². The predicted molar refractivity (Wildman–Crippen MR) is 73.6 cm³/mol. The Kier molecular flexibility index (Phi) is 4.51. The maximum absolute atomic E-state index is 11.0. The zero-order chi connectivity index (χ0) is 13.7. The van der Waals surface area contributed by atoms with Crippen LogP contribution in [0.1, 0.15) is 19.0 Å². The van der Waals surface area contributed by atoms with Crippen LogP contribution in [0.2, 0.25) is 0 Å². The second kappa shape index (κ2) is 6.33. The highest BCUT2D eigenvalue weighted by Gasteiger charge is 2.07. The molecule has 0 amide bonds. The van der Waals surface area contributed by atoms with Gasteiger partial charge in [-0.1, -0.05) is 0 Å². The van der Waals surface area contributed by atoms with Crippen LogP contribution in [0.3, 0.4) is 0 Å². The van der Waals surface area contributed by atoms with Gasteiger partial charge in [0.2, 0.25) is 0 Å². The molecule has 7 heteroatoms. The van der Waals surface area contributed by atoms with E-state index in [0.717, 1.165) is 23.2 Å². The van der Waals surface area contributed by atoms with Gasteiger partial charge in [0.05, 0.1) is 19.2 Å². The van der Waals surface area contributed by atoms with Gasteiger partial charge < -0.3 is 10.1 Å². The van der Waals surface area contributed by atoms with Crippen molar-refractivity contribution in [3.8, 4) is 0 Å². The zero-order valence-electron chi connectivity index (χ0n) is 10.9. The van der Waals surface area contributed by atoms with Gasteiger partial charge in [-0.05, 0) is 6.92 Å². The number of aryl methyl sites for hydroxylation is 2. The van der Waals surface area contributed by atoms with Gasteiger partial charge in [0.1, 0.15) is 0 Å². The van der Waals surface area contributed by atoms with Crippen molar-refractivity contribution in [2.24, 2.45) is 0 Å². The summed E-state index contributed by atoms with van der Waals surface area (Å²) >= 11 is 1.50. The van der Waals surface area contributed by atoms with Crippen molar-refractivity contribution in [1.82, 2.24) is 14.8 Å². The third-order valence-corrected chi connectivity index (χ3v) is 3.37. The SMILES string of the molecule is CCn1ccc(Nc2nc(CCC(=O)OC)cs2)n1. The van der Waals surface area contributed by atoms with Crippen molar-refractivity contribution in [1.29, 1.82) is 0 Å². The van der Waals surface area contributed by atoms with E-state index in [1.54, 1.807) is 0 Å². The van der Waals surface area contributed by atoms with Crippen LogP contribution in [0.15, 0.2) is 17.6 Å². The summed E-state index contributed by atoms with van der Waals surface area (Å²) in [6, 6.07) is 1.90. The van der Waals surface area contributed by atoms with E-state index in [0.29, 0.717) is 12.8 Å². The van der Waals surface area contributed by atoms with Crippen LogP contribution in [-0.2, 0) is 22.5 Å². The largest absolute Gasteiger partial charge is 0.469 e. The molecule has 0 bridgehead atoms. The highest BCUT2D eigenvalue weighted by atomic mass is 32.1. The molecule has 0 saturated carbocycles. The molecule has 2 rings (SSSR count). The first-order chi connectivity index (χ1) is 9.21. The number of carbonyl (C=O) groups is 1. The second-order valence-corrected chi connectivity index (χ2v) is 4.76. The van der Waals surface area contributed by atoms with Crippen molar-refractivity contribution in [2.75, 3.05) is 12.4 Å². The Bertz CT molecular complexity index is 549. The molecule has 6 nitrogen and oxygen atoms in total. The van der Waals surface area contributed by atoms with Crippen LogP contribution in [0.25, 0.3) is 0 Å². The number of nitrogens with zero attached hydrogens (tertiary/aromatic N) is 3. The number of esters is 1. The molecule has 0 radical (unpaired) electrons. The molecule has 19 heavy (non-hydrogen) atoms. The number of thiazole rings is 1. The lowest BCUT2D eigenvalue weighted by molar-refractivity contribution is -0.140. The van der Waals surface area contributed by atoms with E-state index in [2.05, 4.69) is 20.1 Å². The molecule has 0 saturated heterocycles. The van der Waals surface area contributed by atoms with Gasteiger partial charge in [-0.3, -0.25) is 9.48 Å². The number of methoxy groups -OCH3 is 1. The first kappa shape index (κ1) is 13.5. The third-order valence-electron chi connectivity index (χ3n) is 2.56. The van der Waals surface area contributed by atoms with Gasteiger partial charge in [0, 0.05) is 30.6 Å². The Morgan fingerprint density at radius 2 is 2.42 bits per heavy atom. The Balaban J connectivity index is 1.91. The first-order valence-corrected chi connectivity index (χ1v) is 6.91. The number of rotatable bonds is 6. The fraction of sp³-hybridized carbons (Fsp3) is 0.417. The molecular weight excluding hydrogens is 264 g/mol. The van der Waals surface area contributed by atoms with Crippen LogP contribution in [0.4, 0.5) is 10.9 Å². The highest BCUT2D eigenvalue weighted by molar-refractivity contribution is 7.13. The van der Waals surface area contributed by atoms with Crippen LogP contribution in [-0.4, -0.2) is 27.8 Å². The van der Waals surface area contributed by atoms with E-state index in [-0.39, 0.29) is 5.97 Å². The molecule has 2 aromatic heterocycles. The van der Waals surface area contributed by atoms with Crippen LogP contribution in [0.5, 0.6) is 0 Å². The summed E-state index contributed by atoms with van der Waals surface area (Å²) in [5.41, 5.74) is 0.882. The van der Waals surface area contributed by atoms with E-state index in [4.69, 9.17) is 0 Å². The first-order valence-electron chi connectivity index (χ1n) is 6.03. The standard InChI is InChI=1S/C12H16N4O2S/c1-3-16-7-6-10(15-16)14-12-13-9(8-19-12)4-5-11(17)18-2/h6-8H,3-5H2,1-2H3,(H,13,14,15). The Hall–Kier alpha value is -1.89. The van der Waals surface area contributed by atoms with Crippen molar-refractivity contribution >= 4 is 28.3 Å². The van der Waals surface area contributed by atoms with E-state index in [9.17, 15) is 4.79 Å². The molecule has 2 aromatic rings. The van der Waals surface area contributed by atoms with E-state index in [1.807, 2.05) is 29.2 Å². The van der Waals surface area contributed by atoms with Gasteiger partial charge in [-0.2, -0.15) is 5.10 Å². The Morgan fingerprint density at radius 1 is 1.58 bits per heavy atom. The number of hydrogen-bond donors (Lipinski definition) is 1. The second-order valence-electron chi connectivity index (χ2n) is 3.90. The average molecular weight is 280 g/mol. The number of aromatic nitrogens is 3. The lowest BCUT2D eigenvalue weighted by Crippen LogP contribution is -2.02. The van der Waals surface area contributed by atoms with Crippen LogP contribution >= 0.6 is 11.3 Å². The van der Waals surface area contributed by atoms with Crippen molar-refractivity contribution in [2.45, 2.75) is 26.3 Å². The fourth-order valence-electron chi connectivity index (χ4n) is 1.53. The zero-order valence-corrected chi connectivity index (χ0v) is 11.7. The quantitative estimate of drug-likeness (QED) is 0.822. The monoisotopic (exact) mass is 280 g/mol. The summed E-state index contributed by atoms with van der Waals surface area (Å²) in [6.07, 6.45) is 2.85. The number of nitrogens with one attached hydrogen (secondary N) is 1. The van der Waals surface area contributed by atoms with Crippen LogP contribution < -0.4 is 5.32 Å². The molecule has 102 valence electrons. The maximum atomic E-state index is 11.0. The van der Waals surface area contributed by atoms with Crippen LogP contribution in [0, 0.1) is 0 Å². The lowest BCUT2D eigenvalue weighted by atomic mass is 10.2. The molecule has 0 aromatic carbocycles. The normalized spacial score (nSPS) is 10.4. The van der Waals surface area contributed by atoms with Crippen molar-refractivity contribution in [3.63, 3.8) is 0 Å². The summed E-state index contributed by atoms with van der Waals surface area (Å²) < 4.78 is 6.44. The Labute approximate surface area is 115 Å². The summed E-state index contributed by atoms with van der Waals surface area (Å²) in [6.45, 7) is 2.87. The molecule has 0 aliphatic rings. The maximum Gasteiger partial charge on any atom is 0.305 e. The molecule has 0 aliphatic heterocycles. The summed E-state index contributed by atoms with van der Waals surface area (Å²) in [5, 5.41) is 10.2. The van der Waals surface area contributed by atoms with Gasteiger partial charge in [-0.25, -0.2) is 4.98 Å². The molecule has 0 atom stereocenters. The predicted octanol–water partition coefficient (Wildman–Crippen LogP) is 2.21. The molecule has 2 heterocycles. The molecule has 0 aliphatic carbocycles. The fourth-order valence-corrected chi connectivity index (χ4v) is 2.28. The summed E-state index contributed by atoms with van der Waals surface area (Å²) in [7, 11) is 1.39. The van der Waals surface area contributed by atoms with E-state index < -0.39 is 0 Å². The molecule has 0 fully saturated rings. The third kappa shape index (κ3) is 3.78. The number of ether oxygens (including phenoxy) is 1. The van der Waals surface area contributed by atoms with Crippen molar-refractivity contribution in [3.05, 3.63) is 23.3 Å². The Morgan fingerprint density at radius 3 is 3.11 bits per heavy atom. The van der Waals surface area contributed by atoms with Crippen molar-refractivity contribution < 1.29 is 9.53 Å². The smallest absolute Gasteiger partial charge is 0.305 e. The average Bonchev–Trinajstić information content (AvgIpc) is 3.05. The summed E-state index contributed by atoms with van der Waals surface area (Å²) in [5.74, 6) is 0.555. The lowest BCUT2D eigenvalue weighted by Gasteiger charge is -1.98. The minimum atomic E-state index is -0.218. The van der Waals surface area contributed by atoms with Gasteiger partial charge >= 0.3 is 5.97 Å². The molecular formula is C12H16N4O2S. The van der Waals surface area contributed by atoms with Gasteiger partial charge in [0.25, 0.3) is 0 Å². The highest BCUT2D eigenvalue weighted by Crippen LogP contribution is 2.20. The number of anilines is 2. The number of hydrogen-bond acceptors (Lipinski definition) is 6. The van der Waals surface area contributed by atoms with E-state index >= 15 is 0 Å². The minimum absolute atomic E-state index is 0.218. The minimum Gasteiger partial charge on any atom is -0.469 e. The number of carbonyl (C=O) groups excluding carboxylic acids is 1.